The molecule has 0 unspecified atom stereocenters. The Kier molecular flexibility index (Phi) is 6.26. The Bertz CT molecular complexity index is 1770. The van der Waals surface area contributed by atoms with Crippen molar-refractivity contribution in [2.24, 2.45) is 0 Å². The minimum atomic E-state index is -0.177. The fourth-order valence-corrected chi connectivity index (χ4v) is 5.91. The first-order chi connectivity index (χ1) is 18.1. The van der Waals surface area contributed by atoms with Crippen molar-refractivity contribution in [3.05, 3.63) is 108 Å². The van der Waals surface area contributed by atoms with Crippen LogP contribution in [0.5, 0.6) is 0 Å². The van der Waals surface area contributed by atoms with Crippen molar-refractivity contribution in [2.75, 3.05) is 5.32 Å². The quantitative estimate of drug-likeness (QED) is 0.239. The van der Waals surface area contributed by atoms with Gasteiger partial charge in [0.1, 0.15) is 0 Å². The van der Waals surface area contributed by atoms with Gasteiger partial charge in [0, 0.05) is 21.4 Å². The predicted molar refractivity (Wildman–Crippen MR) is 152 cm³/mol. The molecule has 0 fully saturated rings. The largest absolute Gasteiger partial charge is 0.298 e. The highest BCUT2D eigenvalue weighted by molar-refractivity contribution is 7.99. The van der Waals surface area contributed by atoms with Crippen LogP contribution in [0.15, 0.2) is 94.9 Å². The topological polar surface area (TPSA) is 83.6 Å². The molecule has 0 aliphatic carbocycles. The lowest BCUT2D eigenvalue weighted by molar-refractivity contribution is 0.102. The number of pyridine rings is 1. The molecule has 3 aromatic carbocycles. The van der Waals surface area contributed by atoms with Crippen molar-refractivity contribution >= 4 is 67.4 Å². The molecule has 0 atom stereocenters. The van der Waals surface area contributed by atoms with Crippen LogP contribution in [0.4, 0.5) is 5.13 Å². The lowest BCUT2D eigenvalue weighted by Gasteiger charge is -2.09. The molecule has 1 amide bonds. The highest BCUT2D eigenvalue weighted by atomic mass is 32.2. The van der Waals surface area contributed by atoms with E-state index in [2.05, 4.69) is 37.6 Å². The monoisotopic (exact) mass is 519 g/mol. The molecule has 3 heterocycles. The van der Waals surface area contributed by atoms with E-state index in [4.69, 9.17) is 0 Å². The fraction of sp³-hybridized carbons (Fsp3) is 0.0345. The Morgan fingerprint density at radius 2 is 1.89 bits per heavy atom. The van der Waals surface area contributed by atoms with Crippen LogP contribution in [0.1, 0.15) is 27.3 Å². The lowest BCUT2D eigenvalue weighted by Crippen LogP contribution is -2.12. The molecule has 6 rings (SSSR count). The van der Waals surface area contributed by atoms with Crippen LogP contribution < -0.4 is 5.32 Å². The summed E-state index contributed by atoms with van der Waals surface area (Å²) < 4.78 is 1.06. The third kappa shape index (κ3) is 5.02. The smallest absolute Gasteiger partial charge is 0.258 e. The normalized spacial score (nSPS) is 11.5. The molecular formula is C29H21N5OS2. The molecule has 8 heteroatoms. The van der Waals surface area contributed by atoms with Crippen molar-refractivity contribution in [2.45, 2.75) is 16.7 Å². The standard InChI is InChI=1S/C29H21N5OS2/c1-18-9-13-24-27(16-18)37-29(31-24)32-28(35)22-7-2-3-8-26(22)36-20-11-12-21-23(33-34-25(21)17-20)14-10-19-6-4-5-15-30-19/h2-17H,1H3,(H,33,34)(H,31,32,35)/b14-10+. The molecule has 37 heavy (non-hydrogen) atoms. The van der Waals surface area contributed by atoms with Crippen molar-refractivity contribution in [1.29, 1.82) is 0 Å². The Labute approximate surface area is 221 Å². The number of rotatable bonds is 6. The summed E-state index contributed by atoms with van der Waals surface area (Å²) in [6.07, 6.45) is 5.67. The Hall–Kier alpha value is -4.27. The number of amides is 1. The Morgan fingerprint density at radius 1 is 1.00 bits per heavy atom. The number of fused-ring (bicyclic) bond motifs is 2. The van der Waals surface area contributed by atoms with E-state index < -0.39 is 0 Å². The van der Waals surface area contributed by atoms with E-state index >= 15 is 0 Å². The number of aryl methyl sites for hydroxylation is 1. The molecule has 6 aromatic rings. The average Bonchev–Trinajstić information content (AvgIpc) is 3.51. The summed E-state index contributed by atoms with van der Waals surface area (Å²) in [4.78, 5) is 23.9. The van der Waals surface area contributed by atoms with Gasteiger partial charge in [0.25, 0.3) is 5.91 Å². The second kappa shape index (κ2) is 10.0. The number of hydrogen-bond acceptors (Lipinski definition) is 6. The van der Waals surface area contributed by atoms with Gasteiger partial charge in [-0.1, -0.05) is 47.4 Å². The maximum atomic E-state index is 13.2. The molecule has 0 saturated carbocycles. The van der Waals surface area contributed by atoms with Crippen LogP contribution in [0.2, 0.25) is 0 Å². The van der Waals surface area contributed by atoms with Crippen molar-refractivity contribution in [3.63, 3.8) is 0 Å². The van der Waals surface area contributed by atoms with Crippen LogP contribution in [0, 0.1) is 6.92 Å². The van der Waals surface area contributed by atoms with Gasteiger partial charge >= 0.3 is 0 Å². The van der Waals surface area contributed by atoms with Crippen molar-refractivity contribution in [1.82, 2.24) is 20.2 Å². The summed E-state index contributed by atoms with van der Waals surface area (Å²) in [5.41, 5.74) is 5.31. The van der Waals surface area contributed by atoms with Gasteiger partial charge in [-0.2, -0.15) is 5.10 Å². The molecule has 0 aliphatic rings. The third-order valence-corrected chi connectivity index (χ3v) is 7.79. The molecule has 0 spiro atoms. The minimum Gasteiger partial charge on any atom is -0.298 e. The van der Waals surface area contributed by atoms with Gasteiger partial charge in [0.15, 0.2) is 5.13 Å². The highest BCUT2D eigenvalue weighted by Crippen LogP contribution is 2.34. The van der Waals surface area contributed by atoms with E-state index in [1.807, 2.05) is 85.8 Å². The van der Waals surface area contributed by atoms with Crippen LogP contribution in [-0.2, 0) is 0 Å². The first kappa shape index (κ1) is 23.1. The van der Waals surface area contributed by atoms with Crippen molar-refractivity contribution in [3.8, 4) is 0 Å². The third-order valence-electron chi connectivity index (χ3n) is 5.79. The summed E-state index contributed by atoms with van der Waals surface area (Å²) >= 11 is 3.02. The van der Waals surface area contributed by atoms with Crippen molar-refractivity contribution < 1.29 is 4.79 Å². The summed E-state index contributed by atoms with van der Waals surface area (Å²) in [5.74, 6) is -0.177. The number of thiazole rings is 1. The first-order valence-corrected chi connectivity index (χ1v) is 13.3. The van der Waals surface area contributed by atoms with Crippen LogP contribution >= 0.6 is 23.1 Å². The van der Waals surface area contributed by atoms with Gasteiger partial charge in [-0.25, -0.2) is 4.98 Å². The zero-order valence-electron chi connectivity index (χ0n) is 19.8. The second-order valence-electron chi connectivity index (χ2n) is 8.45. The van der Waals surface area contributed by atoms with Crippen LogP contribution in [0.25, 0.3) is 33.3 Å². The average molecular weight is 520 g/mol. The molecule has 2 N–H and O–H groups in total. The molecule has 0 aliphatic heterocycles. The zero-order chi connectivity index (χ0) is 25.2. The summed E-state index contributed by atoms with van der Waals surface area (Å²) in [5, 5.41) is 12.2. The van der Waals surface area contributed by atoms with E-state index in [1.54, 1.807) is 18.0 Å². The molecule has 6 nitrogen and oxygen atoms in total. The molecule has 180 valence electrons. The molecule has 0 saturated heterocycles. The van der Waals surface area contributed by atoms with E-state index in [0.29, 0.717) is 10.7 Å². The minimum absolute atomic E-state index is 0.177. The predicted octanol–water partition coefficient (Wildman–Crippen LogP) is 7.45. The van der Waals surface area contributed by atoms with E-state index in [0.717, 1.165) is 42.3 Å². The number of hydrogen-bond donors (Lipinski definition) is 2. The van der Waals surface area contributed by atoms with E-state index in [-0.39, 0.29) is 5.91 Å². The van der Waals surface area contributed by atoms with Gasteiger partial charge in [-0.15, -0.1) is 0 Å². The number of aromatic amines is 1. The SMILES string of the molecule is Cc1ccc2nc(NC(=O)c3ccccc3Sc3ccc4c(/C=C/c5ccccn5)n[nH]c4c3)sc2c1. The van der Waals surface area contributed by atoms with E-state index in [9.17, 15) is 4.79 Å². The molecule has 3 aromatic heterocycles. The Balaban J connectivity index is 1.22. The maximum Gasteiger partial charge on any atom is 0.258 e. The van der Waals surface area contributed by atoms with Crippen LogP contribution in [0.3, 0.4) is 0 Å². The number of H-pyrrole nitrogens is 1. The fourth-order valence-electron chi connectivity index (χ4n) is 3.97. The number of benzene rings is 3. The maximum absolute atomic E-state index is 13.2. The summed E-state index contributed by atoms with van der Waals surface area (Å²) in [6.45, 7) is 2.05. The number of carbonyl (C=O) groups is 1. The summed E-state index contributed by atoms with van der Waals surface area (Å²) in [7, 11) is 0. The van der Waals surface area contributed by atoms with Gasteiger partial charge in [-0.3, -0.25) is 20.2 Å². The van der Waals surface area contributed by atoms with Crippen LogP contribution in [-0.4, -0.2) is 26.1 Å². The zero-order valence-corrected chi connectivity index (χ0v) is 21.4. The molecule has 0 radical (unpaired) electrons. The number of carbonyl (C=O) groups excluding carboxylic acids is 1. The van der Waals surface area contributed by atoms with Gasteiger partial charge in [0.05, 0.1) is 32.7 Å². The van der Waals surface area contributed by atoms with Gasteiger partial charge in [-0.05, 0) is 79.2 Å². The van der Waals surface area contributed by atoms with Gasteiger partial charge in [0.2, 0.25) is 0 Å². The highest BCUT2D eigenvalue weighted by Gasteiger charge is 2.15. The first-order valence-electron chi connectivity index (χ1n) is 11.6. The second-order valence-corrected chi connectivity index (χ2v) is 10.6. The number of nitrogens with one attached hydrogen (secondary N) is 2. The number of aromatic nitrogens is 4. The number of anilines is 1. The van der Waals surface area contributed by atoms with E-state index in [1.165, 1.54) is 16.9 Å². The Morgan fingerprint density at radius 3 is 2.78 bits per heavy atom. The molecule has 0 bridgehead atoms. The molecular weight excluding hydrogens is 498 g/mol. The van der Waals surface area contributed by atoms with Gasteiger partial charge < -0.3 is 0 Å². The number of nitrogens with zero attached hydrogens (tertiary/aromatic N) is 3. The summed E-state index contributed by atoms with van der Waals surface area (Å²) in [6, 6.07) is 25.6. The lowest BCUT2D eigenvalue weighted by atomic mass is 10.2.